The predicted molar refractivity (Wildman–Crippen MR) is 168 cm³/mol. The summed E-state index contributed by atoms with van der Waals surface area (Å²) >= 11 is 0. The maximum atomic E-state index is 13.0. The van der Waals surface area contributed by atoms with Gasteiger partial charge in [-0.1, -0.05) is 64.2 Å². The first kappa shape index (κ1) is 42.6. The summed E-state index contributed by atoms with van der Waals surface area (Å²) in [7, 11) is 0. The molecule has 4 N–H and O–H groups in total. The maximum absolute atomic E-state index is 13.0. The van der Waals surface area contributed by atoms with Gasteiger partial charge in [-0.3, -0.25) is 19.3 Å². The summed E-state index contributed by atoms with van der Waals surface area (Å²) in [4.78, 5) is 60.0. The average molecular weight is 647 g/mol. The van der Waals surface area contributed by atoms with E-state index in [0.29, 0.717) is 52.4 Å². The van der Waals surface area contributed by atoms with E-state index >= 15 is 0 Å². The van der Waals surface area contributed by atoms with E-state index in [2.05, 4.69) is 0 Å². The number of hydrogen-bond donors (Lipinski definition) is 3. The van der Waals surface area contributed by atoms with Crippen molar-refractivity contribution in [3.8, 4) is 0 Å². The van der Waals surface area contributed by atoms with Crippen LogP contribution in [0.4, 0.5) is 0 Å². The summed E-state index contributed by atoms with van der Waals surface area (Å²) in [6, 6.07) is -1.55. The number of carbonyl (C=O) groups is 5. The Kier molecular flexibility index (Phi) is 29.8. The highest BCUT2D eigenvalue weighted by Gasteiger charge is 2.34. The lowest BCUT2D eigenvalue weighted by molar-refractivity contribution is -0.159. The fraction of sp³-hybridized carbons (Fsp3) is 0.844. The van der Waals surface area contributed by atoms with E-state index < -0.39 is 36.2 Å². The second kappa shape index (κ2) is 31.5. The van der Waals surface area contributed by atoms with Crippen molar-refractivity contribution in [3.05, 3.63) is 0 Å². The molecular formula is C32H58N2O11. The Labute approximate surface area is 268 Å². The minimum absolute atomic E-state index is 0.0165. The van der Waals surface area contributed by atoms with Crippen LogP contribution >= 0.6 is 0 Å². The van der Waals surface area contributed by atoms with E-state index in [-0.39, 0.29) is 39.1 Å². The first-order chi connectivity index (χ1) is 21.8. The number of amides is 2. The highest BCUT2D eigenvalue weighted by molar-refractivity contribution is 5.99. The molecule has 0 aromatic carbocycles. The van der Waals surface area contributed by atoms with Gasteiger partial charge in [-0.05, 0) is 19.3 Å². The van der Waals surface area contributed by atoms with Gasteiger partial charge in [0.1, 0.15) is 12.3 Å². The molecule has 2 amide bonds. The van der Waals surface area contributed by atoms with E-state index in [1.54, 1.807) is 0 Å². The van der Waals surface area contributed by atoms with Gasteiger partial charge in [0.2, 0.25) is 11.8 Å². The van der Waals surface area contributed by atoms with Crippen molar-refractivity contribution in [1.82, 2.24) is 4.90 Å². The first-order valence-electron chi connectivity index (χ1n) is 16.6. The molecule has 0 aliphatic rings. The molecule has 13 heteroatoms. The molecular weight excluding hydrogens is 588 g/mol. The molecule has 0 saturated heterocycles. The standard InChI is InChI=1S/C32H58N2O11/c33-18-21-43-23-25-45-27-26-44-24-22-42-20-17-30(37)34(28(32(40)41)15-16-31(38)39)29(36)14-12-10-8-6-4-2-1-3-5-7-9-11-13-19-35/h19,28H,1-18,20-27,33H2,(H,38,39)(H,40,41)/t28-/m0/s1. The van der Waals surface area contributed by atoms with Gasteiger partial charge in [0, 0.05) is 25.8 Å². The maximum Gasteiger partial charge on any atom is 0.326 e. The summed E-state index contributed by atoms with van der Waals surface area (Å²) in [6.45, 7) is 3.02. The van der Waals surface area contributed by atoms with Crippen molar-refractivity contribution in [2.75, 3.05) is 59.4 Å². The number of imide groups is 1. The van der Waals surface area contributed by atoms with Crippen LogP contribution in [0.25, 0.3) is 0 Å². The smallest absolute Gasteiger partial charge is 0.326 e. The monoisotopic (exact) mass is 646 g/mol. The zero-order valence-corrected chi connectivity index (χ0v) is 27.1. The van der Waals surface area contributed by atoms with E-state index in [4.69, 9.17) is 29.8 Å². The van der Waals surface area contributed by atoms with E-state index in [9.17, 15) is 29.1 Å². The van der Waals surface area contributed by atoms with Crippen LogP contribution in [0.1, 0.15) is 109 Å². The molecule has 0 unspecified atom stereocenters. The largest absolute Gasteiger partial charge is 0.481 e. The molecule has 0 radical (unpaired) electrons. The Morgan fingerprint density at radius 3 is 1.44 bits per heavy atom. The molecule has 0 fully saturated rings. The van der Waals surface area contributed by atoms with Gasteiger partial charge in [0.25, 0.3) is 0 Å². The van der Waals surface area contributed by atoms with Crippen molar-refractivity contribution in [2.24, 2.45) is 5.73 Å². The van der Waals surface area contributed by atoms with Gasteiger partial charge < -0.3 is 39.7 Å². The number of nitrogens with two attached hydrogens (primary N) is 1. The van der Waals surface area contributed by atoms with Crippen LogP contribution in [-0.4, -0.2) is 111 Å². The van der Waals surface area contributed by atoms with Gasteiger partial charge in [-0.15, -0.1) is 0 Å². The predicted octanol–water partition coefficient (Wildman–Crippen LogP) is 3.74. The van der Waals surface area contributed by atoms with E-state index in [1.807, 2.05) is 0 Å². The summed E-state index contributed by atoms with van der Waals surface area (Å²) in [6.07, 6.45) is 13.0. The van der Waals surface area contributed by atoms with Crippen LogP contribution in [0.3, 0.4) is 0 Å². The molecule has 0 bridgehead atoms. The van der Waals surface area contributed by atoms with Crippen LogP contribution in [0.5, 0.6) is 0 Å². The van der Waals surface area contributed by atoms with Gasteiger partial charge in [-0.25, -0.2) is 4.79 Å². The number of carbonyl (C=O) groups excluding carboxylic acids is 3. The van der Waals surface area contributed by atoms with Crippen molar-refractivity contribution >= 4 is 30.0 Å². The molecule has 45 heavy (non-hydrogen) atoms. The van der Waals surface area contributed by atoms with Crippen molar-refractivity contribution < 1.29 is 53.1 Å². The van der Waals surface area contributed by atoms with Crippen LogP contribution in [0.2, 0.25) is 0 Å². The first-order valence-corrected chi connectivity index (χ1v) is 16.6. The number of unbranched alkanes of at least 4 members (excludes halogenated alkanes) is 12. The van der Waals surface area contributed by atoms with E-state index in [1.165, 1.54) is 25.7 Å². The second-order valence-corrected chi connectivity index (χ2v) is 10.9. The lowest BCUT2D eigenvalue weighted by atomic mass is 10.0. The number of ether oxygens (including phenoxy) is 4. The molecule has 0 spiro atoms. The Bertz CT molecular complexity index is 782. The fourth-order valence-electron chi connectivity index (χ4n) is 4.63. The number of hydrogen-bond acceptors (Lipinski definition) is 10. The van der Waals surface area contributed by atoms with Crippen molar-refractivity contribution in [3.63, 3.8) is 0 Å². The van der Waals surface area contributed by atoms with Crippen LogP contribution in [0, 0.1) is 0 Å². The fourth-order valence-corrected chi connectivity index (χ4v) is 4.63. The van der Waals surface area contributed by atoms with Crippen molar-refractivity contribution in [1.29, 1.82) is 0 Å². The highest BCUT2D eigenvalue weighted by Crippen LogP contribution is 2.16. The molecule has 0 aromatic heterocycles. The number of carboxylic acids is 2. The Morgan fingerprint density at radius 2 is 1.00 bits per heavy atom. The van der Waals surface area contributed by atoms with Crippen LogP contribution in [-0.2, 0) is 42.9 Å². The van der Waals surface area contributed by atoms with Gasteiger partial charge in [0.05, 0.1) is 59.3 Å². The lowest BCUT2D eigenvalue weighted by Crippen LogP contribution is -2.49. The van der Waals surface area contributed by atoms with E-state index in [0.717, 1.165) is 56.1 Å². The molecule has 0 rings (SSSR count). The van der Waals surface area contributed by atoms with Crippen LogP contribution < -0.4 is 5.73 Å². The highest BCUT2D eigenvalue weighted by atomic mass is 16.6. The molecule has 262 valence electrons. The average Bonchev–Trinajstić information content (AvgIpc) is 3.01. The summed E-state index contributed by atoms with van der Waals surface area (Å²) in [5, 5.41) is 18.8. The number of aldehydes is 1. The normalized spacial score (nSPS) is 11.8. The third-order valence-electron chi connectivity index (χ3n) is 7.07. The minimum atomic E-state index is -1.55. The summed E-state index contributed by atoms with van der Waals surface area (Å²) in [5.41, 5.74) is 5.33. The molecule has 0 saturated carbocycles. The molecule has 0 aromatic rings. The zero-order chi connectivity index (χ0) is 33.4. The summed E-state index contributed by atoms with van der Waals surface area (Å²) in [5.74, 6) is -3.93. The Balaban J connectivity index is 4.38. The molecule has 0 aliphatic heterocycles. The second-order valence-electron chi connectivity index (χ2n) is 10.9. The minimum Gasteiger partial charge on any atom is -0.481 e. The number of aliphatic carboxylic acids is 2. The molecule has 0 aliphatic carbocycles. The third kappa shape index (κ3) is 26.5. The molecule has 1 atom stereocenters. The number of rotatable bonds is 34. The van der Waals surface area contributed by atoms with Gasteiger partial charge in [-0.2, -0.15) is 0 Å². The molecule has 0 heterocycles. The summed E-state index contributed by atoms with van der Waals surface area (Å²) < 4.78 is 21.3. The third-order valence-corrected chi connectivity index (χ3v) is 7.07. The Hall–Kier alpha value is -2.45. The quantitative estimate of drug-likeness (QED) is 0.0679. The topological polar surface area (TPSA) is 192 Å². The van der Waals surface area contributed by atoms with Crippen LogP contribution in [0.15, 0.2) is 0 Å². The Morgan fingerprint density at radius 1 is 0.578 bits per heavy atom. The zero-order valence-electron chi connectivity index (χ0n) is 27.1. The van der Waals surface area contributed by atoms with Crippen molar-refractivity contribution in [2.45, 2.75) is 115 Å². The number of nitrogens with zero attached hydrogens (tertiary/aromatic N) is 1. The number of carboxylic acid groups (broad SMARTS) is 2. The van der Waals surface area contributed by atoms with Gasteiger partial charge in [0.15, 0.2) is 0 Å². The van der Waals surface area contributed by atoms with Gasteiger partial charge >= 0.3 is 11.9 Å². The lowest BCUT2D eigenvalue weighted by Gasteiger charge is -2.27. The molecule has 13 nitrogen and oxygen atoms in total. The SMILES string of the molecule is NCCOCCOCCOCCOCCC(=O)N(C(=O)CCCCCCCCCCCCCCC=O)[C@@H](CCC(=O)O)C(=O)O.